The zero-order valence-electron chi connectivity index (χ0n) is 8.78. The first-order valence-electron chi connectivity index (χ1n) is 4.95. The second-order valence-corrected chi connectivity index (χ2v) is 3.58. The lowest BCUT2D eigenvalue weighted by atomic mass is 10.2. The van der Waals surface area contributed by atoms with E-state index in [1.807, 2.05) is 13.8 Å². The fraction of sp³-hybridized carbons (Fsp3) is 0.455. The van der Waals surface area contributed by atoms with Gasteiger partial charge >= 0.3 is 0 Å². The van der Waals surface area contributed by atoms with Gasteiger partial charge in [-0.25, -0.2) is 13.2 Å². The average Bonchev–Trinajstić information content (AvgIpc) is 2.11. The van der Waals surface area contributed by atoms with E-state index >= 15 is 0 Å². The van der Waals surface area contributed by atoms with Crippen molar-refractivity contribution in [2.24, 2.45) is 0 Å². The van der Waals surface area contributed by atoms with Crippen LogP contribution in [0, 0.1) is 17.5 Å². The summed E-state index contributed by atoms with van der Waals surface area (Å²) >= 11 is 0. The van der Waals surface area contributed by atoms with Crippen molar-refractivity contribution in [3.63, 3.8) is 0 Å². The molecule has 0 amide bonds. The number of anilines is 1. The summed E-state index contributed by atoms with van der Waals surface area (Å²) in [6.07, 6.45) is 1.72. The largest absolute Gasteiger partial charge is 0.378 e. The van der Waals surface area contributed by atoms with Crippen molar-refractivity contribution in [3.05, 3.63) is 29.6 Å². The Kier molecular flexibility index (Phi) is 4.00. The molecule has 0 radical (unpaired) electrons. The summed E-state index contributed by atoms with van der Waals surface area (Å²) in [5.74, 6) is -2.69. The van der Waals surface area contributed by atoms with Gasteiger partial charge in [-0.2, -0.15) is 0 Å². The molecule has 84 valence electrons. The Labute approximate surface area is 87.3 Å². The molecule has 0 spiro atoms. The zero-order chi connectivity index (χ0) is 11.4. The quantitative estimate of drug-likeness (QED) is 0.810. The van der Waals surface area contributed by atoms with E-state index in [9.17, 15) is 13.2 Å². The maximum atomic E-state index is 13.2. The van der Waals surface area contributed by atoms with Crippen LogP contribution in [0.4, 0.5) is 18.9 Å². The highest BCUT2D eigenvalue weighted by Crippen LogP contribution is 2.21. The van der Waals surface area contributed by atoms with E-state index in [0.29, 0.717) is 12.1 Å². The minimum absolute atomic E-state index is 0.0375. The third kappa shape index (κ3) is 3.15. The van der Waals surface area contributed by atoms with Gasteiger partial charge in [-0.3, -0.25) is 0 Å². The summed E-state index contributed by atoms with van der Waals surface area (Å²) in [4.78, 5) is 0. The van der Waals surface area contributed by atoms with Gasteiger partial charge < -0.3 is 5.32 Å². The van der Waals surface area contributed by atoms with Gasteiger partial charge in [0.15, 0.2) is 11.6 Å². The number of nitrogens with one attached hydrogen (secondary N) is 1. The molecule has 0 aliphatic rings. The second-order valence-electron chi connectivity index (χ2n) is 3.58. The molecule has 0 heterocycles. The Morgan fingerprint density at radius 1 is 1.20 bits per heavy atom. The lowest BCUT2D eigenvalue weighted by Gasteiger charge is -2.15. The average molecular weight is 217 g/mol. The van der Waals surface area contributed by atoms with E-state index in [-0.39, 0.29) is 11.7 Å². The molecule has 1 rings (SSSR count). The number of halogens is 3. The lowest BCUT2D eigenvalue weighted by Crippen LogP contribution is -2.16. The van der Waals surface area contributed by atoms with Crippen LogP contribution < -0.4 is 5.32 Å². The van der Waals surface area contributed by atoms with Gasteiger partial charge in [0.05, 0.1) is 0 Å². The van der Waals surface area contributed by atoms with Crippen molar-refractivity contribution in [3.8, 4) is 0 Å². The predicted molar refractivity (Wildman–Crippen MR) is 54.3 cm³/mol. The smallest absolute Gasteiger partial charge is 0.152 e. The van der Waals surface area contributed by atoms with Crippen molar-refractivity contribution in [2.45, 2.75) is 32.7 Å². The first kappa shape index (κ1) is 11.9. The van der Waals surface area contributed by atoms with Gasteiger partial charge in [-0.1, -0.05) is 13.3 Å². The minimum Gasteiger partial charge on any atom is -0.378 e. The number of hydrogen-bond acceptors (Lipinski definition) is 1. The molecule has 0 fully saturated rings. The van der Waals surface area contributed by atoms with Crippen LogP contribution in [-0.4, -0.2) is 6.04 Å². The lowest BCUT2D eigenvalue weighted by molar-refractivity contribution is 0.542. The van der Waals surface area contributed by atoms with E-state index in [0.717, 1.165) is 12.8 Å². The van der Waals surface area contributed by atoms with Crippen molar-refractivity contribution in [2.75, 3.05) is 5.32 Å². The van der Waals surface area contributed by atoms with Crippen LogP contribution in [0.1, 0.15) is 26.7 Å². The Morgan fingerprint density at radius 3 is 2.20 bits per heavy atom. The van der Waals surface area contributed by atoms with Crippen LogP contribution in [0.25, 0.3) is 0 Å². The molecule has 1 N–H and O–H groups in total. The van der Waals surface area contributed by atoms with E-state index < -0.39 is 17.5 Å². The standard InChI is InChI=1S/C11H14F3N/c1-3-4-7(2)15-11-9(13)5-8(12)6-10(11)14/h5-7,15H,3-4H2,1-2H3. The fourth-order valence-corrected chi connectivity index (χ4v) is 1.43. The van der Waals surface area contributed by atoms with E-state index in [2.05, 4.69) is 5.32 Å². The molecule has 0 saturated carbocycles. The SMILES string of the molecule is CCCC(C)Nc1c(F)cc(F)cc1F. The van der Waals surface area contributed by atoms with Crippen LogP contribution in [0.15, 0.2) is 12.1 Å². The fourth-order valence-electron chi connectivity index (χ4n) is 1.43. The zero-order valence-corrected chi connectivity index (χ0v) is 8.78. The third-order valence-electron chi connectivity index (χ3n) is 2.12. The summed E-state index contributed by atoms with van der Waals surface area (Å²) in [7, 11) is 0. The Balaban J connectivity index is 2.85. The molecule has 15 heavy (non-hydrogen) atoms. The first-order valence-corrected chi connectivity index (χ1v) is 4.95. The van der Waals surface area contributed by atoms with Gasteiger partial charge in [-0.05, 0) is 13.3 Å². The van der Waals surface area contributed by atoms with Gasteiger partial charge in [0.1, 0.15) is 11.5 Å². The van der Waals surface area contributed by atoms with E-state index in [4.69, 9.17) is 0 Å². The van der Waals surface area contributed by atoms with E-state index in [1.165, 1.54) is 0 Å². The van der Waals surface area contributed by atoms with Crippen molar-refractivity contribution >= 4 is 5.69 Å². The Hall–Kier alpha value is -1.19. The Morgan fingerprint density at radius 2 is 1.73 bits per heavy atom. The summed E-state index contributed by atoms with van der Waals surface area (Å²) in [5, 5.41) is 2.69. The molecule has 1 nitrogen and oxygen atoms in total. The molecule has 0 aliphatic carbocycles. The summed E-state index contributed by atoms with van der Waals surface area (Å²) < 4.78 is 38.9. The van der Waals surface area contributed by atoms with Gasteiger partial charge in [0.2, 0.25) is 0 Å². The highest BCUT2D eigenvalue weighted by atomic mass is 19.1. The van der Waals surface area contributed by atoms with Crippen molar-refractivity contribution in [1.29, 1.82) is 0 Å². The highest BCUT2D eigenvalue weighted by Gasteiger charge is 2.12. The second kappa shape index (κ2) is 5.05. The molecule has 0 bridgehead atoms. The molecule has 1 aromatic carbocycles. The first-order chi connectivity index (χ1) is 7.04. The molecule has 0 saturated heterocycles. The highest BCUT2D eigenvalue weighted by molar-refractivity contribution is 5.47. The molecule has 0 aromatic heterocycles. The molecule has 1 atom stereocenters. The molecule has 1 aromatic rings. The number of hydrogen-bond donors (Lipinski definition) is 1. The molecular formula is C11H14F3N. The number of benzene rings is 1. The van der Waals surface area contributed by atoms with Crippen LogP contribution in [0.3, 0.4) is 0 Å². The number of rotatable bonds is 4. The van der Waals surface area contributed by atoms with Gasteiger partial charge in [0, 0.05) is 18.2 Å². The van der Waals surface area contributed by atoms with Gasteiger partial charge in [0.25, 0.3) is 0 Å². The third-order valence-corrected chi connectivity index (χ3v) is 2.12. The summed E-state index contributed by atoms with van der Waals surface area (Å²) in [6, 6.07) is 1.30. The summed E-state index contributed by atoms with van der Waals surface area (Å²) in [6.45, 7) is 3.81. The van der Waals surface area contributed by atoms with Gasteiger partial charge in [-0.15, -0.1) is 0 Å². The molecular weight excluding hydrogens is 203 g/mol. The van der Waals surface area contributed by atoms with E-state index in [1.54, 1.807) is 0 Å². The summed E-state index contributed by atoms with van der Waals surface area (Å²) in [5.41, 5.74) is -0.252. The van der Waals surface area contributed by atoms with Crippen molar-refractivity contribution < 1.29 is 13.2 Å². The minimum atomic E-state index is -0.904. The molecule has 1 unspecified atom stereocenters. The normalized spacial score (nSPS) is 12.6. The monoisotopic (exact) mass is 217 g/mol. The van der Waals surface area contributed by atoms with Crippen LogP contribution in [0.2, 0.25) is 0 Å². The topological polar surface area (TPSA) is 12.0 Å². The maximum Gasteiger partial charge on any atom is 0.152 e. The maximum absolute atomic E-state index is 13.2. The predicted octanol–water partition coefficient (Wildman–Crippen LogP) is 3.70. The molecule has 0 aliphatic heterocycles. The van der Waals surface area contributed by atoms with Crippen molar-refractivity contribution in [1.82, 2.24) is 0 Å². The molecule has 4 heteroatoms. The Bertz CT molecular complexity index is 316. The van der Waals surface area contributed by atoms with Crippen LogP contribution >= 0.6 is 0 Å². The van der Waals surface area contributed by atoms with Crippen LogP contribution in [-0.2, 0) is 0 Å². The van der Waals surface area contributed by atoms with Crippen LogP contribution in [0.5, 0.6) is 0 Å².